The molecule has 0 saturated carbocycles. The minimum Gasteiger partial charge on any atom is -0.381 e. The lowest BCUT2D eigenvalue weighted by molar-refractivity contribution is 0.0949. The average molecular weight is 300 g/mol. The van der Waals surface area contributed by atoms with Crippen molar-refractivity contribution in [2.45, 2.75) is 13.0 Å². The third kappa shape index (κ3) is 1.81. The van der Waals surface area contributed by atoms with Crippen molar-refractivity contribution in [3.05, 3.63) is 33.6 Å². The molecular formula is C14H12N4O2S. The summed E-state index contributed by atoms with van der Waals surface area (Å²) in [6.45, 7) is 2.59. The molecule has 1 unspecified atom stereocenters. The number of H-pyrrole nitrogens is 1. The summed E-state index contributed by atoms with van der Waals surface area (Å²) < 4.78 is 0.952. The minimum absolute atomic E-state index is 0.0549. The van der Waals surface area contributed by atoms with Crippen molar-refractivity contribution in [3.8, 4) is 0 Å². The van der Waals surface area contributed by atoms with Gasteiger partial charge >= 0.3 is 0 Å². The molecule has 1 amide bonds. The molecular weight excluding hydrogens is 288 g/mol. The highest BCUT2D eigenvalue weighted by Gasteiger charge is 2.24. The van der Waals surface area contributed by atoms with Crippen LogP contribution in [0.1, 0.15) is 16.6 Å². The number of carbonyl (C=O) groups excluding carboxylic acids is 1. The van der Waals surface area contributed by atoms with Crippen LogP contribution in [0.25, 0.3) is 21.1 Å². The molecule has 21 heavy (non-hydrogen) atoms. The molecule has 7 heteroatoms. The van der Waals surface area contributed by atoms with Crippen LogP contribution in [0.5, 0.6) is 0 Å². The summed E-state index contributed by atoms with van der Waals surface area (Å²) in [6, 6.07) is 3.84. The molecule has 0 fully saturated rings. The van der Waals surface area contributed by atoms with Gasteiger partial charge in [0.1, 0.15) is 4.88 Å². The van der Waals surface area contributed by atoms with Crippen LogP contribution in [0.15, 0.2) is 23.1 Å². The van der Waals surface area contributed by atoms with Crippen molar-refractivity contribution < 1.29 is 4.79 Å². The van der Waals surface area contributed by atoms with Crippen LogP contribution >= 0.6 is 11.3 Å². The number of aromatic nitrogens is 2. The van der Waals surface area contributed by atoms with E-state index < -0.39 is 0 Å². The van der Waals surface area contributed by atoms with Gasteiger partial charge in [0.05, 0.1) is 22.9 Å². The summed E-state index contributed by atoms with van der Waals surface area (Å²) in [5, 5.41) is 7.12. The Bertz CT molecular complexity index is 943. The largest absolute Gasteiger partial charge is 0.381 e. The highest BCUT2D eigenvalue weighted by Crippen LogP contribution is 2.39. The van der Waals surface area contributed by atoms with Crippen molar-refractivity contribution >= 4 is 44.1 Å². The van der Waals surface area contributed by atoms with Gasteiger partial charge in [-0.1, -0.05) is 0 Å². The summed E-state index contributed by atoms with van der Waals surface area (Å²) >= 11 is 1.42. The summed E-state index contributed by atoms with van der Waals surface area (Å²) in [7, 11) is 0. The van der Waals surface area contributed by atoms with Gasteiger partial charge in [-0.25, -0.2) is 4.98 Å². The molecule has 3 heterocycles. The van der Waals surface area contributed by atoms with Gasteiger partial charge in [-0.05, 0) is 19.1 Å². The zero-order valence-corrected chi connectivity index (χ0v) is 12.0. The third-order valence-corrected chi connectivity index (χ3v) is 4.73. The number of aromatic amines is 1. The van der Waals surface area contributed by atoms with E-state index in [1.807, 2.05) is 19.1 Å². The Morgan fingerprint density at radius 2 is 2.19 bits per heavy atom. The number of hydrogen-bond donors (Lipinski definition) is 3. The molecule has 0 radical (unpaired) electrons. The fraction of sp³-hybridized carbons (Fsp3) is 0.214. The van der Waals surface area contributed by atoms with Crippen molar-refractivity contribution in [1.82, 2.24) is 15.3 Å². The van der Waals surface area contributed by atoms with Crippen molar-refractivity contribution in [3.63, 3.8) is 0 Å². The fourth-order valence-electron chi connectivity index (χ4n) is 2.62. The second-order valence-electron chi connectivity index (χ2n) is 5.14. The lowest BCUT2D eigenvalue weighted by atomic mass is 10.1. The molecule has 0 aliphatic carbocycles. The lowest BCUT2D eigenvalue weighted by Crippen LogP contribution is -2.34. The van der Waals surface area contributed by atoms with Crippen molar-refractivity contribution in [1.29, 1.82) is 0 Å². The molecule has 0 spiro atoms. The predicted octanol–water partition coefficient (Wildman–Crippen LogP) is 1.68. The zero-order valence-electron chi connectivity index (χ0n) is 11.2. The van der Waals surface area contributed by atoms with E-state index in [0.717, 1.165) is 15.8 Å². The summed E-state index contributed by atoms with van der Waals surface area (Å²) in [6.07, 6.45) is 1.27. The fourth-order valence-corrected chi connectivity index (χ4v) is 3.71. The number of amides is 1. The van der Waals surface area contributed by atoms with Crippen LogP contribution in [-0.4, -0.2) is 28.5 Å². The van der Waals surface area contributed by atoms with Crippen LogP contribution in [-0.2, 0) is 0 Å². The highest BCUT2D eigenvalue weighted by atomic mass is 32.1. The average Bonchev–Trinajstić information content (AvgIpc) is 2.77. The molecule has 1 aliphatic rings. The summed E-state index contributed by atoms with van der Waals surface area (Å²) in [4.78, 5) is 31.5. The molecule has 0 bridgehead atoms. The Morgan fingerprint density at radius 3 is 3.05 bits per heavy atom. The van der Waals surface area contributed by atoms with Gasteiger partial charge in [-0.3, -0.25) is 9.59 Å². The van der Waals surface area contributed by atoms with Gasteiger partial charge in [0.25, 0.3) is 11.5 Å². The number of nitrogens with one attached hydrogen (secondary N) is 3. The van der Waals surface area contributed by atoms with Gasteiger partial charge in [-0.15, -0.1) is 11.3 Å². The van der Waals surface area contributed by atoms with Crippen molar-refractivity contribution in [2.24, 2.45) is 0 Å². The first-order chi connectivity index (χ1) is 10.1. The molecule has 3 N–H and O–H groups in total. The topological polar surface area (TPSA) is 86.9 Å². The zero-order chi connectivity index (χ0) is 14.6. The maximum atomic E-state index is 12.3. The quantitative estimate of drug-likeness (QED) is 0.589. The monoisotopic (exact) mass is 300 g/mol. The molecule has 1 atom stereocenters. The number of fused-ring (bicyclic) bond motifs is 5. The molecule has 1 aliphatic heterocycles. The summed E-state index contributed by atoms with van der Waals surface area (Å²) in [5.74, 6) is -0.0805. The smallest absolute Gasteiger partial charge is 0.266 e. The maximum Gasteiger partial charge on any atom is 0.266 e. The van der Waals surface area contributed by atoms with E-state index in [1.54, 1.807) is 0 Å². The lowest BCUT2D eigenvalue weighted by Gasteiger charge is -2.09. The number of hydrogen-bond acceptors (Lipinski definition) is 5. The highest BCUT2D eigenvalue weighted by molar-refractivity contribution is 7.21. The first-order valence-electron chi connectivity index (χ1n) is 6.63. The molecule has 1 aromatic carbocycles. The van der Waals surface area contributed by atoms with Crippen molar-refractivity contribution in [2.75, 3.05) is 11.9 Å². The number of rotatable bonds is 0. The Labute approximate surface area is 123 Å². The van der Waals surface area contributed by atoms with Crippen LogP contribution in [0.4, 0.5) is 5.69 Å². The first kappa shape index (κ1) is 12.3. The predicted molar refractivity (Wildman–Crippen MR) is 83.2 cm³/mol. The SMILES string of the molecule is CC1CNc2c(sc3ccc4ncc(=O)[nH]c4c23)C(=O)N1. The number of thiophene rings is 1. The Morgan fingerprint density at radius 1 is 1.33 bits per heavy atom. The minimum atomic E-state index is -0.249. The Kier molecular flexibility index (Phi) is 2.52. The van der Waals surface area contributed by atoms with Gasteiger partial charge < -0.3 is 15.6 Å². The number of anilines is 1. The second-order valence-corrected chi connectivity index (χ2v) is 6.19. The van der Waals surface area contributed by atoms with Crippen LogP contribution in [0, 0.1) is 0 Å². The Hall–Kier alpha value is -2.41. The summed E-state index contributed by atoms with van der Waals surface area (Å²) in [5.41, 5.74) is 1.92. The third-order valence-electron chi connectivity index (χ3n) is 3.57. The number of nitrogens with zero attached hydrogens (tertiary/aromatic N) is 1. The first-order valence-corrected chi connectivity index (χ1v) is 7.44. The van der Waals surface area contributed by atoms with Crippen LogP contribution in [0.3, 0.4) is 0 Å². The second kappa shape index (κ2) is 4.29. The van der Waals surface area contributed by atoms with Crippen LogP contribution in [0.2, 0.25) is 0 Å². The molecule has 3 aromatic rings. The normalized spacial score (nSPS) is 18.1. The van der Waals surface area contributed by atoms with E-state index >= 15 is 0 Å². The van der Waals surface area contributed by atoms with Gasteiger partial charge in [-0.2, -0.15) is 0 Å². The van der Waals surface area contributed by atoms with E-state index in [4.69, 9.17) is 0 Å². The molecule has 6 nitrogen and oxygen atoms in total. The molecule has 106 valence electrons. The van der Waals surface area contributed by atoms with Gasteiger partial charge in [0.2, 0.25) is 0 Å². The standard InChI is InChI=1S/C14H12N4O2S/c1-6-4-16-12-10-8(21-13(12)14(20)17-6)3-2-7-11(10)18-9(19)5-15-7/h2-3,5-6,16H,4H2,1H3,(H,17,20)(H,18,19). The van der Waals surface area contributed by atoms with E-state index in [9.17, 15) is 9.59 Å². The molecule has 2 aromatic heterocycles. The Balaban J connectivity index is 2.12. The number of benzene rings is 1. The van der Waals surface area contributed by atoms with E-state index in [1.165, 1.54) is 17.5 Å². The van der Waals surface area contributed by atoms with Gasteiger partial charge in [0.15, 0.2) is 0 Å². The van der Waals surface area contributed by atoms with Gasteiger partial charge in [0, 0.05) is 22.7 Å². The maximum absolute atomic E-state index is 12.3. The molecule has 0 saturated heterocycles. The number of carbonyl (C=O) groups is 1. The van der Waals surface area contributed by atoms with Crippen LogP contribution < -0.4 is 16.2 Å². The van der Waals surface area contributed by atoms with E-state index in [0.29, 0.717) is 22.5 Å². The van der Waals surface area contributed by atoms with E-state index in [-0.39, 0.29) is 17.5 Å². The van der Waals surface area contributed by atoms with E-state index in [2.05, 4.69) is 20.6 Å². The molecule has 4 rings (SSSR count).